The zero-order chi connectivity index (χ0) is 38.0. The van der Waals surface area contributed by atoms with E-state index in [1.54, 1.807) is 0 Å². The molecule has 0 radical (unpaired) electrons. The maximum Gasteiger partial charge on any atom is 0.379 e. The normalized spacial score (nSPS) is 22.8. The molecule has 1 heterocycles. The van der Waals surface area contributed by atoms with Crippen molar-refractivity contribution in [1.82, 2.24) is 31.9 Å². The summed E-state index contributed by atoms with van der Waals surface area (Å²) >= 11 is 0. The summed E-state index contributed by atoms with van der Waals surface area (Å²) in [5, 5.41) is 81.6. The van der Waals surface area contributed by atoms with Gasteiger partial charge in [0.15, 0.2) is 19.6 Å². The van der Waals surface area contributed by atoms with E-state index in [0.717, 1.165) is 0 Å². The smallest absolute Gasteiger partial charge is 0.379 e. The van der Waals surface area contributed by atoms with E-state index in [4.69, 9.17) is 0 Å². The standard InChI is InChI=1S/C28H47N9O13.Fe/c1-16(39)35(48)10-4-7-19-25(44)29-14-24(43)32-22(15-38)26(45)30-13-23(42)31-20(8-5-11-36(49)17(2)40)27(46)34-21(28(47)33-19)9-6-12-37(50)18(3)41;/h19-22,38,48-50H,4-15H2,1-3H3,(H6,29,30,31,32,33,34,42,43,44,45,46,47);/p+3. The molecule has 1 aliphatic heterocycles. The minimum atomic E-state index is -1.52. The van der Waals surface area contributed by atoms with Crippen LogP contribution in [-0.4, -0.2) is 167 Å². The fraction of sp³-hybridized carbons (Fsp3) is 0.679. The molecule has 0 saturated carbocycles. The average Bonchev–Trinajstić information content (AvgIpc) is 3.05. The Hall–Kier alpha value is -4.89. The van der Waals surface area contributed by atoms with Gasteiger partial charge in [-0.15, -0.1) is 0 Å². The number of nitrogens with zero attached hydrogens (tertiary/aromatic N) is 3. The minimum absolute atomic E-state index is 0. The van der Waals surface area contributed by atoms with E-state index in [1.807, 2.05) is 0 Å². The Labute approximate surface area is 303 Å². The molecule has 23 heteroatoms. The Morgan fingerprint density at radius 3 is 1.18 bits per heavy atom. The van der Waals surface area contributed by atoms with Gasteiger partial charge in [-0.25, -0.2) is 0 Å². The molecule has 0 aromatic heterocycles. The SMILES string of the molecule is CC(O)=[N+](O)CCCC1NC(=O)CNC(=O)C(CO)NC(=O)CNC(=O)C(CCC[N+](O)=C(C)O)NC(=O)C(CCC[N+](O)=C(C)O)NC1=O.[Fe]. The first-order chi connectivity index (χ1) is 23.5. The van der Waals surface area contributed by atoms with Crippen molar-refractivity contribution in [2.45, 2.75) is 83.5 Å². The van der Waals surface area contributed by atoms with Gasteiger partial charge in [0, 0.05) is 50.5 Å². The number of aliphatic hydroxyl groups is 4. The van der Waals surface area contributed by atoms with Gasteiger partial charge in [0.1, 0.15) is 24.2 Å². The average molecular weight is 777 g/mol. The maximum absolute atomic E-state index is 13.6. The Bertz CT molecular complexity index is 1300. The van der Waals surface area contributed by atoms with E-state index in [2.05, 4.69) is 31.9 Å². The summed E-state index contributed by atoms with van der Waals surface area (Å²) < 4.78 is 1.51. The van der Waals surface area contributed by atoms with Crippen LogP contribution >= 0.6 is 0 Å². The van der Waals surface area contributed by atoms with Gasteiger partial charge in [0.25, 0.3) is 0 Å². The summed E-state index contributed by atoms with van der Waals surface area (Å²) in [7, 11) is 0. The van der Waals surface area contributed by atoms with E-state index in [9.17, 15) is 64.8 Å². The first-order valence-electron chi connectivity index (χ1n) is 15.8. The van der Waals surface area contributed by atoms with E-state index in [1.165, 1.54) is 20.8 Å². The molecule has 13 N–H and O–H groups in total. The third kappa shape index (κ3) is 17.6. The predicted molar refractivity (Wildman–Crippen MR) is 169 cm³/mol. The third-order valence-corrected chi connectivity index (χ3v) is 7.31. The van der Waals surface area contributed by atoms with Crippen molar-refractivity contribution in [3.05, 3.63) is 0 Å². The van der Waals surface area contributed by atoms with Gasteiger partial charge in [-0.1, -0.05) is 0 Å². The van der Waals surface area contributed by atoms with Gasteiger partial charge in [-0.2, -0.15) is 0 Å². The molecule has 22 nitrogen and oxygen atoms in total. The van der Waals surface area contributed by atoms with E-state index < -0.39 is 97.0 Å². The molecular formula is C28H50FeN9O13+3. The third-order valence-electron chi connectivity index (χ3n) is 7.31. The molecule has 4 unspecified atom stereocenters. The van der Waals surface area contributed by atoms with E-state index >= 15 is 0 Å². The van der Waals surface area contributed by atoms with Gasteiger partial charge >= 0.3 is 17.7 Å². The van der Waals surface area contributed by atoms with Crippen LogP contribution in [-0.2, 0) is 45.8 Å². The van der Waals surface area contributed by atoms with Crippen molar-refractivity contribution >= 4 is 53.1 Å². The van der Waals surface area contributed by atoms with Crippen LogP contribution in [0.1, 0.15) is 59.3 Å². The number of carbonyl (C=O) groups excluding carboxylic acids is 6. The molecule has 1 fully saturated rings. The molecule has 51 heavy (non-hydrogen) atoms. The van der Waals surface area contributed by atoms with Crippen LogP contribution in [0.5, 0.6) is 0 Å². The van der Waals surface area contributed by atoms with Crippen LogP contribution in [0.25, 0.3) is 0 Å². The van der Waals surface area contributed by atoms with Crippen molar-refractivity contribution < 1.29 is 96.1 Å². The molecule has 4 atom stereocenters. The van der Waals surface area contributed by atoms with Gasteiger partial charge in [-0.05, 0) is 19.3 Å². The van der Waals surface area contributed by atoms with Crippen molar-refractivity contribution in [3.63, 3.8) is 0 Å². The van der Waals surface area contributed by atoms with Crippen molar-refractivity contribution in [1.29, 1.82) is 0 Å². The number of carbonyl (C=O) groups is 6. The molecular weight excluding hydrogens is 726 g/mol. The Kier molecular flexibility index (Phi) is 21.2. The van der Waals surface area contributed by atoms with Crippen molar-refractivity contribution in [2.75, 3.05) is 39.3 Å². The van der Waals surface area contributed by atoms with E-state index in [-0.39, 0.29) is 75.2 Å². The quantitative estimate of drug-likeness (QED) is 0.0210. The molecule has 0 aromatic carbocycles. The van der Waals surface area contributed by atoms with Crippen LogP contribution in [0.3, 0.4) is 0 Å². The zero-order valence-corrected chi connectivity index (χ0v) is 29.7. The van der Waals surface area contributed by atoms with Crippen molar-refractivity contribution in [3.8, 4) is 0 Å². The van der Waals surface area contributed by atoms with Crippen LogP contribution in [0.15, 0.2) is 0 Å². The second-order valence-corrected chi connectivity index (χ2v) is 11.4. The molecule has 0 aromatic rings. The molecule has 1 rings (SSSR count). The molecule has 0 aliphatic carbocycles. The summed E-state index contributed by atoms with van der Waals surface area (Å²) in [4.78, 5) is 78.2. The number of aliphatic hydroxyl groups excluding tert-OH is 4. The summed E-state index contributed by atoms with van der Waals surface area (Å²) in [6, 6.07) is -5.67. The Morgan fingerprint density at radius 2 is 0.843 bits per heavy atom. The van der Waals surface area contributed by atoms with Gasteiger partial charge in [-0.3, -0.25) is 44.4 Å². The van der Waals surface area contributed by atoms with Crippen LogP contribution < -0.4 is 31.9 Å². The topological polar surface area (TPSA) is 325 Å². The molecule has 290 valence electrons. The largest absolute Gasteiger partial charge is 0.461 e. The minimum Gasteiger partial charge on any atom is -0.461 e. The first-order valence-corrected chi connectivity index (χ1v) is 15.8. The maximum atomic E-state index is 13.6. The van der Waals surface area contributed by atoms with E-state index in [0.29, 0.717) is 14.2 Å². The molecule has 0 spiro atoms. The Balaban J connectivity index is 0.0000250. The van der Waals surface area contributed by atoms with Crippen molar-refractivity contribution in [2.24, 2.45) is 0 Å². The summed E-state index contributed by atoms with van der Waals surface area (Å²) in [5.74, 6) is -6.71. The number of hydroxylamine groups is 3. The number of nitrogens with one attached hydrogen (secondary N) is 6. The fourth-order valence-corrected chi connectivity index (χ4v) is 4.44. The monoisotopic (exact) mass is 776 g/mol. The predicted octanol–water partition coefficient (Wildman–Crippen LogP) is -4.36. The molecule has 6 amide bonds. The zero-order valence-electron chi connectivity index (χ0n) is 28.6. The van der Waals surface area contributed by atoms with Crippen LogP contribution in [0.4, 0.5) is 0 Å². The number of amides is 6. The second kappa shape index (κ2) is 23.5. The van der Waals surface area contributed by atoms with Gasteiger partial charge in [0.2, 0.25) is 35.4 Å². The summed E-state index contributed by atoms with van der Waals surface area (Å²) in [6.45, 7) is 0.844. The fourth-order valence-electron chi connectivity index (χ4n) is 4.44. The molecule has 1 aliphatic rings. The van der Waals surface area contributed by atoms with Crippen LogP contribution in [0, 0.1) is 0 Å². The van der Waals surface area contributed by atoms with Gasteiger partial charge < -0.3 is 52.3 Å². The number of hydrogen-bond donors (Lipinski definition) is 13. The number of hydrogen-bond acceptors (Lipinski definition) is 10. The first kappa shape index (κ1) is 46.1. The summed E-state index contributed by atoms with van der Waals surface area (Å²) in [5.41, 5.74) is 0. The van der Waals surface area contributed by atoms with Crippen LogP contribution in [0.2, 0.25) is 0 Å². The summed E-state index contributed by atoms with van der Waals surface area (Å²) in [6.07, 6.45) is -0.401. The molecule has 1 saturated heterocycles. The van der Waals surface area contributed by atoms with Gasteiger partial charge in [0.05, 0.1) is 40.5 Å². The Morgan fingerprint density at radius 1 is 0.549 bits per heavy atom. The second-order valence-electron chi connectivity index (χ2n) is 11.4. The number of rotatable bonds is 13. The molecule has 0 bridgehead atoms.